The van der Waals surface area contributed by atoms with Gasteiger partial charge in [0.1, 0.15) is 5.69 Å². The number of hydrogen-bond acceptors (Lipinski definition) is 5. The summed E-state index contributed by atoms with van der Waals surface area (Å²) in [5.41, 5.74) is 7.62. The number of aromatic nitrogens is 2. The average molecular weight is 408 g/mol. The summed E-state index contributed by atoms with van der Waals surface area (Å²) in [6, 6.07) is 8.53. The van der Waals surface area contributed by atoms with Gasteiger partial charge in [0.25, 0.3) is 11.5 Å². The van der Waals surface area contributed by atoms with Crippen molar-refractivity contribution in [2.24, 2.45) is 13.0 Å². The van der Waals surface area contributed by atoms with Crippen molar-refractivity contribution < 1.29 is 4.79 Å². The topological polar surface area (TPSA) is 79.3 Å². The van der Waals surface area contributed by atoms with Crippen molar-refractivity contribution in [3.63, 3.8) is 0 Å². The van der Waals surface area contributed by atoms with E-state index in [0.717, 1.165) is 12.0 Å². The first-order chi connectivity index (χ1) is 12.9. The fourth-order valence-electron chi connectivity index (χ4n) is 3.83. The lowest BCUT2D eigenvalue weighted by Crippen LogP contribution is -2.48. The predicted octanol–water partition coefficient (Wildman–Crippen LogP) is 1.77. The Morgan fingerprint density at radius 2 is 2.04 bits per heavy atom. The van der Waals surface area contributed by atoms with E-state index in [2.05, 4.69) is 16.0 Å². The van der Waals surface area contributed by atoms with Crippen LogP contribution in [0.5, 0.6) is 0 Å². The number of aryl methyl sites for hydroxylation is 1. The van der Waals surface area contributed by atoms with E-state index in [-0.39, 0.29) is 35.2 Å². The van der Waals surface area contributed by atoms with Crippen LogP contribution >= 0.6 is 23.2 Å². The van der Waals surface area contributed by atoms with E-state index in [1.54, 1.807) is 11.0 Å². The largest absolute Gasteiger partial charge is 0.337 e. The average Bonchev–Trinajstić information content (AvgIpc) is 3.06. The highest BCUT2D eigenvalue weighted by Crippen LogP contribution is 2.37. The summed E-state index contributed by atoms with van der Waals surface area (Å²) in [7, 11) is 1.54. The number of fused-ring (bicyclic) bond motifs is 1. The number of likely N-dealkylation sites (tertiary alicyclic amines) is 1. The first-order valence-corrected chi connectivity index (χ1v) is 9.49. The number of benzene rings is 1. The fraction of sp³-hybridized carbons (Fsp3) is 0.389. The lowest BCUT2D eigenvalue weighted by Gasteiger charge is -2.36. The minimum absolute atomic E-state index is 0.0246. The smallest absolute Gasteiger partial charge is 0.274 e. The van der Waals surface area contributed by atoms with Gasteiger partial charge in [0.05, 0.1) is 6.04 Å². The van der Waals surface area contributed by atoms with Crippen molar-refractivity contribution in [2.75, 3.05) is 13.1 Å². The summed E-state index contributed by atoms with van der Waals surface area (Å²) in [6.45, 7) is 1.19. The Labute approximate surface area is 166 Å². The van der Waals surface area contributed by atoms with Gasteiger partial charge in [-0.25, -0.2) is 10.1 Å². The van der Waals surface area contributed by atoms with Crippen LogP contribution in [0.15, 0.2) is 35.1 Å². The molecule has 0 spiro atoms. The molecule has 2 fully saturated rings. The molecule has 2 aliphatic rings. The number of halogens is 2. The molecule has 2 N–H and O–H groups in total. The zero-order valence-corrected chi connectivity index (χ0v) is 16.2. The molecule has 3 unspecified atom stereocenters. The van der Waals surface area contributed by atoms with Crippen LogP contribution in [0.4, 0.5) is 0 Å². The van der Waals surface area contributed by atoms with Crippen LogP contribution in [0.3, 0.4) is 0 Å². The van der Waals surface area contributed by atoms with Gasteiger partial charge in [-0.1, -0.05) is 29.3 Å². The number of rotatable bonds is 2. The lowest BCUT2D eigenvalue weighted by molar-refractivity contribution is 0.0644. The highest BCUT2D eigenvalue weighted by molar-refractivity contribution is 6.35. The number of amides is 1. The number of nitrogens with one attached hydrogen (secondary N) is 2. The summed E-state index contributed by atoms with van der Waals surface area (Å²) in [5, 5.41) is 5.27. The molecule has 9 heteroatoms. The Hall–Kier alpha value is -1.93. The Balaban J connectivity index is 1.56. The van der Waals surface area contributed by atoms with Crippen LogP contribution in [-0.4, -0.2) is 39.7 Å². The van der Waals surface area contributed by atoms with E-state index in [0.29, 0.717) is 23.1 Å². The van der Waals surface area contributed by atoms with Gasteiger partial charge in [-0.3, -0.25) is 15.0 Å². The molecule has 27 heavy (non-hydrogen) atoms. The van der Waals surface area contributed by atoms with E-state index >= 15 is 0 Å². The van der Waals surface area contributed by atoms with Crippen LogP contribution in [0.1, 0.15) is 28.5 Å². The number of hydrogen-bond donors (Lipinski definition) is 2. The molecule has 142 valence electrons. The molecule has 0 saturated carbocycles. The van der Waals surface area contributed by atoms with Crippen LogP contribution in [0.25, 0.3) is 0 Å². The van der Waals surface area contributed by atoms with Gasteiger partial charge >= 0.3 is 0 Å². The number of hydrazine groups is 1. The number of nitrogens with zero attached hydrogens (tertiary/aromatic N) is 3. The van der Waals surface area contributed by atoms with E-state index in [1.807, 2.05) is 12.1 Å². The quantitative estimate of drug-likeness (QED) is 0.792. The minimum atomic E-state index is -0.244. The third kappa shape index (κ3) is 3.48. The molecule has 2 aromatic rings. The van der Waals surface area contributed by atoms with Crippen LogP contribution in [0, 0.1) is 5.92 Å². The summed E-state index contributed by atoms with van der Waals surface area (Å²) in [4.78, 5) is 26.2. The highest BCUT2D eigenvalue weighted by Gasteiger charge is 2.42. The molecular formula is C18H19Cl2N5O2. The zero-order chi connectivity index (χ0) is 19.1. The second-order valence-corrected chi connectivity index (χ2v) is 7.77. The molecular weight excluding hydrogens is 389 g/mol. The number of piperidine rings is 1. The van der Waals surface area contributed by atoms with E-state index in [4.69, 9.17) is 23.2 Å². The number of carbonyl (C=O) groups is 1. The molecule has 1 amide bonds. The van der Waals surface area contributed by atoms with Gasteiger partial charge in [0, 0.05) is 48.2 Å². The standard InChI is InChI=1S/C18H19Cl2N5O2/c1-24-16(26)5-4-15(23-24)18(27)25-7-6-14-12(9-25)17(22-21-14)11-3-2-10(19)8-13(11)20/h2-5,8,12,14,17,21-22H,6-7,9H2,1H3. The van der Waals surface area contributed by atoms with E-state index in [1.165, 1.54) is 23.9 Å². The van der Waals surface area contributed by atoms with Gasteiger partial charge < -0.3 is 4.90 Å². The predicted molar refractivity (Wildman–Crippen MR) is 103 cm³/mol. The molecule has 3 atom stereocenters. The molecule has 1 aromatic heterocycles. The molecule has 0 radical (unpaired) electrons. The van der Waals surface area contributed by atoms with E-state index < -0.39 is 0 Å². The maximum atomic E-state index is 12.9. The van der Waals surface area contributed by atoms with Crippen LogP contribution < -0.4 is 16.4 Å². The highest BCUT2D eigenvalue weighted by atomic mass is 35.5. The summed E-state index contributed by atoms with van der Waals surface area (Å²) in [6.07, 6.45) is 0.816. The number of carbonyl (C=O) groups excluding carboxylic acids is 1. The van der Waals surface area contributed by atoms with Crippen LogP contribution in [0.2, 0.25) is 10.0 Å². The summed E-state index contributed by atoms with van der Waals surface area (Å²) < 4.78 is 1.18. The molecule has 4 rings (SSSR count). The Kier molecular flexibility index (Phi) is 4.94. The fourth-order valence-corrected chi connectivity index (χ4v) is 4.35. The lowest BCUT2D eigenvalue weighted by atomic mass is 9.85. The summed E-state index contributed by atoms with van der Waals surface area (Å²) >= 11 is 12.4. The molecule has 2 saturated heterocycles. The second kappa shape index (κ2) is 7.24. The normalized spacial score (nSPS) is 24.7. The third-order valence-corrected chi connectivity index (χ3v) is 5.84. The van der Waals surface area contributed by atoms with Crippen LogP contribution in [-0.2, 0) is 7.05 Å². The summed E-state index contributed by atoms with van der Waals surface area (Å²) in [5.74, 6) is -0.00851. The molecule has 1 aromatic carbocycles. The van der Waals surface area contributed by atoms with Gasteiger partial charge in [-0.05, 0) is 30.2 Å². The Bertz CT molecular complexity index is 948. The van der Waals surface area contributed by atoms with Crippen molar-refractivity contribution in [2.45, 2.75) is 18.5 Å². The van der Waals surface area contributed by atoms with Gasteiger partial charge in [0.15, 0.2) is 0 Å². The minimum Gasteiger partial charge on any atom is -0.337 e. The monoisotopic (exact) mass is 407 g/mol. The van der Waals surface area contributed by atoms with E-state index in [9.17, 15) is 9.59 Å². The molecule has 0 bridgehead atoms. The third-order valence-electron chi connectivity index (χ3n) is 5.27. The second-order valence-electron chi connectivity index (χ2n) is 6.92. The van der Waals surface area contributed by atoms with Gasteiger partial charge in [-0.15, -0.1) is 0 Å². The maximum absolute atomic E-state index is 12.9. The molecule has 2 aliphatic heterocycles. The maximum Gasteiger partial charge on any atom is 0.274 e. The molecule has 7 nitrogen and oxygen atoms in total. The van der Waals surface area contributed by atoms with Crippen molar-refractivity contribution in [1.82, 2.24) is 25.5 Å². The van der Waals surface area contributed by atoms with Crippen molar-refractivity contribution in [1.29, 1.82) is 0 Å². The van der Waals surface area contributed by atoms with Gasteiger partial charge in [0.2, 0.25) is 0 Å². The SMILES string of the molecule is Cn1nc(C(=O)N2CCC3NNC(c4ccc(Cl)cc4Cl)C3C2)ccc1=O. The van der Waals surface area contributed by atoms with Crippen molar-refractivity contribution in [3.8, 4) is 0 Å². The first kappa shape index (κ1) is 18.4. The zero-order valence-electron chi connectivity index (χ0n) is 14.7. The van der Waals surface area contributed by atoms with Crippen molar-refractivity contribution >= 4 is 29.1 Å². The van der Waals surface area contributed by atoms with Gasteiger partial charge in [-0.2, -0.15) is 5.10 Å². The molecule has 3 heterocycles. The van der Waals surface area contributed by atoms with Crippen molar-refractivity contribution in [3.05, 3.63) is 62.0 Å². The molecule has 0 aliphatic carbocycles. The first-order valence-electron chi connectivity index (χ1n) is 8.73. The Morgan fingerprint density at radius 3 is 2.78 bits per heavy atom. The Morgan fingerprint density at radius 1 is 1.22 bits per heavy atom.